The lowest BCUT2D eigenvalue weighted by Crippen LogP contribution is -2.54. The number of nitrogens with one attached hydrogen (secondary N) is 2. The third-order valence-electron chi connectivity index (χ3n) is 2.80. The summed E-state index contributed by atoms with van der Waals surface area (Å²) < 4.78 is 0. The highest BCUT2D eigenvalue weighted by Gasteiger charge is 2.28. The van der Waals surface area contributed by atoms with Crippen LogP contribution in [-0.4, -0.2) is 47.3 Å². The van der Waals surface area contributed by atoms with E-state index >= 15 is 0 Å². The zero-order chi connectivity index (χ0) is 15.0. The zero-order valence-electron chi connectivity index (χ0n) is 11.0. The number of carboxylic acids is 1. The van der Waals surface area contributed by atoms with E-state index in [-0.39, 0.29) is 18.2 Å². The molecule has 0 saturated heterocycles. The van der Waals surface area contributed by atoms with Gasteiger partial charge in [-0.05, 0) is 5.92 Å². The average Bonchev–Trinajstić information content (AvgIpc) is 2.40. The van der Waals surface area contributed by atoms with E-state index in [4.69, 9.17) is 10.8 Å². The highest BCUT2D eigenvalue weighted by atomic mass is 32.1. The van der Waals surface area contributed by atoms with E-state index in [9.17, 15) is 14.4 Å². The van der Waals surface area contributed by atoms with Gasteiger partial charge in [-0.2, -0.15) is 12.6 Å². The standard InChI is InChI=1S/C11H21N3O4S/c1-3-6(2)9(11(17)18)14-10(16)7(5-19)13-8(15)4-12/h6-7,9,19H,3-5,12H2,1-2H3,(H,13,15)(H,14,16)(H,17,18)/t6-,7-,9-/m0/s1. The zero-order valence-corrected chi connectivity index (χ0v) is 11.9. The second-order valence-electron chi connectivity index (χ2n) is 4.22. The van der Waals surface area contributed by atoms with Crippen molar-refractivity contribution >= 4 is 30.4 Å². The lowest BCUT2D eigenvalue weighted by molar-refractivity contribution is -0.143. The molecule has 8 heteroatoms. The van der Waals surface area contributed by atoms with Crippen LogP contribution < -0.4 is 16.4 Å². The second-order valence-corrected chi connectivity index (χ2v) is 4.58. The van der Waals surface area contributed by atoms with Gasteiger partial charge in [0, 0.05) is 5.75 Å². The van der Waals surface area contributed by atoms with E-state index in [0.717, 1.165) is 0 Å². The van der Waals surface area contributed by atoms with Crippen molar-refractivity contribution in [2.75, 3.05) is 12.3 Å². The number of rotatable bonds is 8. The van der Waals surface area contributed by atoms with Crippen LogP contribution in [0.2, 0.25) is 0 Å². The Labute approximate surface area is 117 Å². The molecule has 0 aliphatic heterocycles. The Morgan fingerprint density at radius 2 is 1.89 bits per heavy atom. The van der Waals surface area contributed by atoms with Gasteiger partial charge >= 0.3 is 5.97 Å². The van der Waals surface area contributed by atoms with Crippen molar-refractivity contribution in [3.05, 3.63) is 0 Å². The maximum Gasteiger partial charge on any atom is 0.326 e. The van der Waals surface area contributed by atoms with Gasteiger partial charge < -0.3 is 21.5 Å². The SMILES string of the molecule is CC[C@H](C)[C@H](NC(=O)[C@H](CS)NC(=O)CN)C(=O)O. The van der Waals surface area contributed by atoms with Gasteiger partial charge in [-0.3, -0.25) is 9.59 Å². The van der Waals surface area contributed by atoms with Crippen molar-refractivity contribution < 1.29 is 19.5 Å². The van der Waals surface area contributed by atoms with Crippen LogP contribution in [0, 0.1) is 5.92 Å². The van der Waals surface area contributed by atoms with Crippen LogP contribution in [0.25, 0.3) is 0 Å². The molecule has 0 unspecified atom stereocenters. The van der Waals surface area contributed by atoms with Crippen LogP contribution in [0.3, 0.4) is 0 Å². The van der Waals surface area contributed by atoms with Gasteiger partial charge in [0.2, 0.25) is 11.8 Å². The van der Waals surface area contributed by atoms with E-state index in [0.29, 0.717) is 6.42 Å². The Hall–Kier alpha value is -1.28. The molecule has 0 aromatic heterocycles. The van der Waals surface area contributed by atoms with Crippen molar-refractivity contribution in [3.8, 4) is 0 Å². The van der Waals surface area contributed by atoms with E-state index in [1.54, 1.807) is 6.92 Å². The lowest BCUT2D eigenvalue weighted by Gasteiger charge is -2.23. The average molecular weight is 291 g/mol. The number of carboxylic acid groups (broad SMARTS) is 1. The molecule has 0 spiro atoms. The smallest absolute Gasteiger partial charge is 0.326 e. The summed E-state index contributed by atoms with van der Waals surface area (Å²) in [6, 6.07) is -1.89. The summed E-state index contributed by atoms with van der Waals surface area (Å²) in [4.78, 5) is 34.1. The Balaban J connectivity index is 4.68. The number of hydrogen-bond acceptors (Lipinski definition) is 5. The predicted molar refractivity (Wildman–Crippen MR) is 73.9 cm³/mol. The van der Waals surface area contributed by atoms with Gasteiger partial charge in [-0.25, -0.2) is 4.79 Å². The molecule has 3 atom stereocenters. The summed E-state index contributed by atoms with van der Waals surface area (Å²) in [6.45, 7) is 3.32. The van der Waals surface area contributed by atoms with Crippen molar-refractivity contribution in [1.82, 2.24) is 10.6 Å². The number of carbonyl (C=O) groups excluding carboxylic acids is 2. The number of nitrogens with two attached hydrogens (primary N) is 1. The Kier molecular flexibility index (Phi) is 8.17. The lowest BCUT2D eigenvalue weighted by atomic mass is 9.99. The molecule has 5 N–H and O–H groups in total. The molecule has 0 aromatic carbocycles. The van der Waals surface area contributed by atoms with Crippen LogP contribution in [0.4, 0.5) is 0 Å². The van der Waals surface area contributed by atoms with Crippen LogP contribution in [-0.2, 0) is 14.4 Å². The van der Waals surface area contributed by atoms with E-state index in [1.165, 1.54) is 0 Å². The van der Waals surface area contributed by atoms with Gasteiger partial charge in [-0.15, -0.1) is 0 Å². The van der Waals surface area contributed by atoms with E-state index in [1.807, 2.05) is 6.92 Å². The highest BCUT2D eigenvalue weighted by molar-refractivity contribution is 7.80. The maximum absolute atomic E-state index is 11.9. The fourth-order valence-electron chi connectivity index (χ4n) is 1.38. The minimum absolute atomic E-state index is 0.0599. The first kappa shape index (κ1) is 17.7. The summed E-state index contributed by atoms with van der Waals surface area (Å²) in [6.07, 6.45) is 0.609. The molecular formula is C11H21N3O4S. The number of aliphatic carboxylic acids is 1. The molecule has 2 amide bonds. The third-order valence-corrected chi connectivity index (χ3v) is 3.16. The quantitative estimate of drug-likeness (QED) is 0.366. The Morgan fingerprint density at radius 3 is 2.26 bits per heavy atom. The van der Waals surface area contributed by atoms with Gasteiger partial charge in [0.05, 0.1) is 6.54 Å². The number of amides is 2. The first-order valence-corrected chi connectivity index (χ1v) is 6.64. The molecular weight excluding hydrogens is 270 g/mol. The number of carbonyl (C=O) groups is 3. The molecule has 0 rings (SSSR count). The summed E-state index contributed by atoms with van der Waals surface area (Å²) in [5.74, 6) is -2.34. The molecule has 0 aliphatic rings. The third kappa shape index (κ3) is 5.93. The topological polar surface area (TPSA) is 122 Å². The fraction of sp³-hybridized carbons (Fsp3) is 0.727. The van der Waals surface area contributed by atoms with Gasteiger partial charge in [0.1, 0.15) is 12.1 Å². The normalized spacial score (nSPS) is 15.2. The van der Waals surface area contributed by atoms with E-state index < -0.39 is 29.9 Å². The van der Waals surface area contributed by atoms with Gasteiger partial charge in [0.15, 0.2) is 0 Å². The van der Waals surface area contributed by atoms with Crippen LogP contribution >= 0.6 is 12.6 Å². The number of hydrogen-bond donors (Lipinski definition) is 5. The molecule has 0 fully saturated rings. The molecule has 19 heavy (non-hydrogen) atoms. The van der Waals surface area contributed by atoms with Crippen molar-refractivity contribution in [1.29, 1.82) is 0 Å². The van der Waals surface area contributed by atoms with Crippen LogP contribution in [0.5, 0.6) is 0 Å². The molecule has 0 aliphatic carbocycles. The molecule has 0 radical (unpaired) electrons. The van der Waals surface area contributed by atoms with Gasteiger partial charge in [-0.1, -0.05) is 20.3 Å². The van der Waals surface area contributed by atoms with Gasteiger partial charge in [0.25, 0.3) is 0 Å². The first-order valence-electron chi connectivity index (χ1n) is 6.00. The molecule has 0 saturated carbocycles. The summed E-state index contributed by atoms with van der Waals surface area (Å²) in [5.41, 5.74) is 5.13. The monoisotopic (exact) mass is 291 g/mol. The summed E-state index contributed by atoms with van der Waals surface area (Å²) >= 11 is 3.95. The maximum atomic E-state index is 11.9. The van der Waals surface area contributed by atoms with Crippen LogP contribution in [0.1, 0.15) is 20.3 Å². The van der Waals surface area contributed by atoms with Crippen LogP contribution in [0.15, 0.2) is 0 Å². The largest absolute Gasteiger partial charge is 0.480 e. The minimum atomic E-state index is -1.11. The van der Waals surface area contributed by atoms with E-state index in [2.05, 4.69) is 23.3 Å². The summed E-state index contributed by atoms with van der Waals surface area (Å²) in [5, 5.41) is 13.8. The first-order chi connectivity index (χ1) is 8.87. The Morgan fingerprint density at radius 1 is 1.32 bits per heavy atom. The van der Waals surface area contributed by atoms with Crippen molar-refractivity contribution in [3.63, 3.8) is 0 Å². The second kappa shape index (κ2) is 8.76. The predicted octanol–water partition coefficient (Wildman–Crippen LogP) is -1.02. The highest BCUT2D eigenvalue weighted by Crippen LogP contribution is 2.08. The van der Waals surface area contributed by atoms with Crippen molar-refractivity contribution in [2.45, 2.75) is 32.4 Å². The minimum Gasteiger partial charge on any atom is -0.480 e. The molecule has 0 bridgehead atoms. The molecule has 0 heterocycles. The van der Waals surface area contributed by atoms with Crippen molar-refractivity contribution in [2.24, 2.45) is 11.7 Å². The summed E-state index contributed by atoms with van der Waals surface area (Å²) in [7, 11) is 0. The Bertz CT molecular complexity index is 338. The number of thiol groups is 1. The molecule has 110 valence electrons. The molecule has 7 nitrogen and oxygen atoms in total. The fourth-order valence-corrected chi connectivity index (χ4v) is 1.64. The molecule has 0 aromatic rings.